The summed E-state index contributed by atoms with van der Waals surface area (Å²) in [7, 11) is 0. The van der Waals surface area contributed by atoms with Gasteiger partial charge in [-0.25, -0.2) is 9.18 Å². The van der Waals surface area contributed by atoms with Crippen LogP contribution in [0, 0.1) is 0 Å². The summed E-state index contributed by atoms with van der Waals surface area (Å²) >= 11 is 0. The molecular formula is C23H27FO2. The van der Waals surface area contributed by atoms with Gasteiger partial charge in [0.25, 0.3) is 0 Å². The standard InChI is InChI=1S/C23H27FO2/c1-3-5-6-8-20(24)15-18-9-12-19(13-10-18)22-16-17(7-4-2)11-14-21(22)23(25)26/h9-16H,3-8H2,1-2H3,(H,25,26). The van der Waals surface area contributed by atoms with Gasteiger partial charge in [-0.3, -0.25) is 0 Å². The summed E-state index contributed by atoms with van der Waals surface area (Å²) in [6, 6.07) is 12.9. The molecule has 0 saturated carbocycles. The molecule has 2 rings (SSSR count). The van der Waals surface area contributed by atoms with Crippen LogP contribution in [-0.4, -0.2) is 11.1 Å². The zero-order chi connectivity index (χ0) is 18.9. The molecule has 3 heteroatoms. The van der Waals surface area contributed by atoms with Gasteiger partial charge in [-0.1, -0.05) is 69.5 Å². The minimum absolute atomic E-state index is 0.109. The first kappa shape index (κ1) is 19.9. The van der Waals surface area contributed by atoms with E-state index in [0.29, 0.717) is 17.5 Å². The van der Waals surface area contributed by atoms with E-state index in [2.05, 4.69) is 13.8 Å². The molecule has 0 radical (unpaired) electrons. The normalized spacial score (nSPS) is 11.6. The maximum absolute atomic E-state index is 13.9. The Morgan fingerprint density at radius 1 is 1.04 bits per heavy atom. The SMILES string of the molecule is CCCCCC(F)=Cc1ccc(-c2cc(CCC)ccc2C(=O)O)cc1. The van der Waals surface area contributed by atoms with Crippen molar-refractivity contribution in [3.63, 3.8) is 0 Å². The molecule has 0 aliphatic carbocycles. The number of carboxylic acid groups (broad SMARTS) is 1. The molecule has 0 aromatic heterocycles. The first-order valence-corrected chi connectivity index (χ1v) is 9.37. The van der Waals surface area contributed by atoms with E-state index in [-0.39, 0.29) is 5.83 Å². The van der Waals surface area contributed by atoms with Gasteiger partial charge < -0.3 is 5.11 Å². The number of benzene rings is 2. The highest BCUT2D eigenvalue weighted by Crippen LogP contribution is 2.27. The highest BCUT2D eigenvalue weighted by atomic mass is 19.1. The molecule has 2 nitrogen and oxygen atoms in total. The maximum atomic E-state index is 13.9. The number of aryl methyl sites for hydroxylation is 1. The minimum Gasteiger partial charge on any atom is -0.478 e. The summed E-state index contributed by atoms with van der Waals surface area (Å²) in [6.07, 6.45) is 6.92. The molecular weight excluding hydrogens is 327 g/mol. The zero-order valence-corrected chi connectivity index (χ0v) is 15.6. The lowest BCUT2D eigenvalue weighted by molar-refractivity contribution is 0.0697. The van der Waals surface area contributed by atoms with Gasteiger partial charge in [0, 0.05) is 0 Å². The Bertz CT molecular complexity index is 760. The van der Waals surface area contributed by atoms with Crippen molar-refractivity contribution in [3.8, 4) is 11.1 Å². The third-order valence-electron chi connectivity index (χ3n) is 4.42. The average Bonchev–Trinajstić information content (AvgIpc) is 2.62. The van der Waals surface area contributed by atoms with Crippen LogP contribution in [0.4, 0.5) is 4.39 Å². The Morgan fingerprint density at radius 3 is 2.38 bits per heavy atom. The molecule has 0 unspecified atom stereocenters. The third kappa shape index (κ3) is 5.55. The molecule has 0 amide bonds. The number of carboxylic acids is 1. The van der Waals surface area contributed by atoms with E-state index in [4.69, 9.17) is 0 Å². The number of halogens is 1. The molecule has 0 bridgehead atoms. The van der Waals surface area contributed by atoms with E-state index < -0.39 is 5.97 Å². The fourth-order valence-corrected chi connectivity index (χ4v) is 3.02. The number of aromatic carboxylic acids is 1. The number of unbranched alkanes of at least 4 members (excludes halogenated alkanes) is 2. The lowest BCUT2D eigenvalue weighted by Crippen LogP contribution is -2.00. The van der Waals surface area contributed by atoms with E-state index in [9.17, 15) is 14.3 Å². The lowest BCUT2D eigenvalue weighted by Gasteiger charge is -2.10. The van der Waals surface area contributed by atoms with Crippen molar-refractivity contribution in [2.45, 2.75) is 52.4 Å². The monoisotopic (exact) mass is 354 g/mol. The maximum Gasteiger partial charge on any atom is 0.336 e. The predicted octanol–water partition coefficient (Wildman–Crippen LogP) is 6.90. The van der Waals surface area contributed by atoms with Crippen LogP contribution in [0.2, 0.25) is 0 Å². The van der Waals surface area contributed by atoms with Crippen LogP contribution in [0.5, 0.6) is 0 Å². The van der Waals surface area contributed by atoms with Crippen LogP contribution in [0.3, 0.4) is 0 Å². The summed E-state index contributed by atoms with van der Waals surface area (Å²) in [5, 5.41) is 9.46. The van der Waals surface area contributed by atoms with Crippen molar-refractivity contribution in [2.24, 2.45) is 0 Å². The Hall–Kier alpha value is -2.42. The van der Waals surface area contributed by atoms with Crippen LogP contribution in [0.25, 0.3) is 17.2 Å². The van der Waals surface area contributed by atoms with E-state index in [1.807, 2.05) is 36.4 Å². The molecule has 0 atom stereocenters. The number of carbonyl (C=O) groups is 1. The van der Waals surface area contributed by atoms with Crippen LogP contribution in [0.1, 0.15) is 67.4 Å². The van der Waals surface area contributed by atoms with E-state index in [0.717, 1.165) is 48.8 Å². The van der Waals surface area contributed by atoms with Crippen molar-refractivity contribution < 1.29 is 14.3 Å². The molecule has 2 aromatic carbocycles. The summed E-state index contributed by atoms with van der Waals surface area (Å²) < 4.78 is 13.9. The average molecular weight is 354 g/mol. The molecule has 0 aliphatic heterocycles. The zero-order valence-electron chi connectivity index (χ0n) is 15.6. The Balaban J connectivity index is 2.25. The molecule has 1 N–H and O–H groups in total. The molecule has 0 fully saturated rings. The van der Waals surface area contributed by atoms with Gasteiger partial charge in [-0.05, 0) is 53.7 Å². The van der Waals surface area contributed by atoms with Crippen molar-refractivity contribution >= 4 is 12.0 Å². The van der Waals surface area contributed by atoms with Gasteiger partial charge in [0.1, 0.15) is 5.83 Å². The minimum atomic E-state index is -0.936. The summed E-state index contributed by atoms with van der Waals surface area (Å²) in [5.74, 6) is -1.05. The van der Waals surface area contributed by atoms with Gasteiger partial charge in [0.15, 0.2) is 0 Å². The Kier molecular flexibility index (Phi) is 7.58. The smallest absolute Gasteiger partial charge is 0.336 e. The quantitative estimate of drug-likeness (QED) is 0.498. The van der Waals surface area contributed by atoms with Gasteiger partial charge in [0.05, 0.1) is 5.56 Å². The van der Waals surface area contributed by atoms with Crippen LogP contribution in [-0.2, 0) is 6.42 Å². The summed E-state index contributed by atoms with van der Waals surface area (Å²) in [4.78, 5) is 11.5. The van der Waals surface area contributed by atoms with Crippen molar-refractivity contribution in [1.82, 2.24) is 0 Å². The largest absolute Gasteiger partial charge is 0.478 e. The third-order valence-corrected chi connectivity index (χ3v) is 4.42. The molecule has 0 saturated heterocycles. The van der Waals surface area contributed by atoms with E-state index in [1.165, 1.54) is 0 Å². The molecule has 0 heterocycles. The second-order valence-corrected chi connectivity index (χ2v) is 6.61. The van der Waals surface area contributed by atoms with Crippen LogP contribution < -0.4 is 0 Å². The van der Waals surface area contributed by atoms with Gasteiger partial charge in [-0.2, -0.15) is 0 Å². The van der Waals surface area contributed by atoms with Crippen molar-refractivity contribution in [3.05, 3.63) is 65.0 Å². The van der Waals surface area contributed by atoms with Gasteiger partial charge >= 0.3 is 5.97 Å². The molecule has 26 heavy (non-hydrogen) atoms. The first-order chi connectivity index (χ1) is 12.5. The lowest BCUT2D eigenvalue weighted by atomic mass is 9.95. The number of hydrogen-bond acceptors (Lipinski definition) is 1. The highest BCUT2D eigenvalue weighted by molar-refractivity contribution is 5.96. The number of hydrogen-bond donors (Lipinski definition) is 1. The molecule has 0 spiro atoms. The second-order valence-electron chi connectivity index (χ2n) is 6.61. The highest BCUT2D eigenvalue weighted by Gasteiger charge is 2.12. The topological polar surface area (TPSA) is 37.3 Å². The summed E-state index contributed by atoms with van der Waals surface area (Å²) in [6.45, 7) is 4.20. The second kappa shape index (κ2) is 9.91. The van der Waals surface area contributed by atoms with Gasteiger partial charge in [0.2, 0.25) is 0 Å². The molecule has 0 aliphatic rings. The van der Waals surface area contributed by atoms with Crippen LogP contribution >= 0.6 is 0 Å². The first-order valence-electron chi connectivity index (χ1n) is 9.37. The fourth-order valence-electron chi connectivity index (χ4n) is 3.02. The van der Waals surface area contributed by atoms with E-state index >= 15 is 0 Å². The Morgan fingerprint density at radius 2 is 1.77 bits per heavy atom. The van der Waals surface area contributed by atoms with Crippen LogP contribution in [0.15, 0.2) is 48.3 Å². The Labute approximate surface area is 155 Å². The van der Waals surface area contributed by atoms with Crippen molar-refractivity contribution in [1.29, 1.82) is 0 Å². The summed E-state index contributed by atoms with van der Waals surface area (Å²) in [5.41, 5.74) is 3.76. The molecule has 138 valence electrons. The van der Waals surface area contributed by atoms with E-state index in [1.54, 1.807) is 12.1 Å². The molecule has 2 aromatic rings. The van der Waals surface area contributed by atoms with Gasteiger partial charge in [-0.15, -0.1) is 0 Å². The number of allylic oxidation sites excluding steroid dienone is 1. The number of rotatable bonds is 9. The van der Waals surface area contributed by atoms with Crippen molar-refractivity contribution in [2.75, 3.05) is 0 Å². The predicted molar refractivity (Wildman–Crippen MR) is 106 cm³/mol. The fraction of sp³-hybridized carbons (Fsp3) is 0.348.